The van der Waals surface area contributed by atoms with Crippen LogP contribution in [0.2, 0.25) is 0 Å². The number of aryl methyl sites for hydroxylation is 2. The highest BCUT2D eigenvalue weighted by Crippen LogP contribution is 2.36. The topological polar surface area (TPSA) is 84.0 Å². The van der Waals surface area contributed by atoms with Crippen molar-refractivity contribution in [1.82, 2.24) is 9.97 Å². The summed E-state index contributed by atoms with van der Waals surface area (Å²) in [5.74, 6) is -0.240. The van der Waals surface area contributed by atoms with Gasteiger partial charge in [0, 0.05) is 28.6 Å². The SMILES string of the molecule is CC(=O)Nc1ccc(NC(=O)[C@@H](C)Sc2ncnc3sc(C)c(C)c23)cc1. The third kappa shape index (κ3) is 4.45. The third-order valence-corrected chi connectivity index (χ3v) is 6.28. The minimum Gasteiger partial charge on any atom is -0.326 e. The Bertz CT molecular complexity index is 999. The maximum absolute atomic E-state index is 12.6. The van der Waals surface area contributed by atoms with Crippen LogP contribution in [0, 0.1) is 13.8 Å². The lowest BCUT2D eigenvalue weighted by atomic mass is 10.2. The summed E-state index contributed by atoms with van der Waals surface area (Å²) in [5.41, 5.74) is 2.53. The van der Waals surface area contributed by atoms with Crippen LogP contribution in [0.3, 0.4) is 0 Å². The van der Waals surface area contributed by atoms with Crippen LogP contribution in [0.1, 0.15) is 24.3 Å². The highest BCUT2D eigenvalue weighted by molar-refractivity contribution is 8.00. The number of benzene rings is 1. The molecule has 0 fully saturated rings. The summed E-state index contributed by atoms with van der Waals surface area (Å²) < 4.78 is 0. The lowest BCUT2D eigenvalue weighted by Crippen LogP contribution is -2.22. The summed E-state index contributed by atoms with van der Waals surface area (Å²) in [6, 6.07) is 7.02. The second-order valence-corrected chi connectivity index (χ2v) is 8.68. The van der Waals surface area contributed by atoms with Crippen molar-refractivity contribution in [2.75, 3.05) is 10.6 Å². The summed E-state index contributed by atoms with van der Waals surface area (Å²) in [4.78, 5) is 34.5. The van der Waals surface area contributed by atoms with Crippen LogP contribution in [-0.2, 0) is 9.59 Å². The summed E-state index contributed by atoms with van der Waals surface area (Å²) in [5, 5.41) is 7.13. The van der Waals surface area contributed by atoms with Crippen molar-refractivity contribution < 1.29 is 9.59 Å². The van der Waals surface area contributed by atoms with Crippen molar-refractivity contribution in [2.45, 2.75) is 38.0 Å². The Morgan fingerprint density at radius 3 is 2.33 bits per heavy atom. The van der Waals surface area contributed by atoms with Crippen molar-refractivity contribution in [3.05, 3.63) is 41.0 Å². The maximum Gasteiger partial charge on any atom is 0.237 e. The highest BCUT2D eigenvalue weighted by atomic mass is 32.2. The van der Waals surface area contributed by atoms with Gasteiger partial charge in [0.05, 0.1) is 5.25 Å². The van der Waals surface area contributed by atoms with E-state index >= 15 is 0 Å². The molecular formula is C19H20N4O2S2. The van der Waals surface area contributed by atoms with Crippen LogP contribution in [0.25, 0.3) is 10.2 Å². The minimum atomic E-state index is -0.322. The number of amides is 2. The molecule has 8 heteroatoms. The van der Waals surface area contributed by atoms with E-state index in [2.05, 4.69) is 34.4 Å². The maximum atomic E-state index is 12.6. The van der Waals surface area contributed by atoms with Gasteiger partial charge in [-0.3, -0.25) is 9.59 Å². The van der Waals surface area contributed by atoms with Gasteiger partial charge in [-0.25, -0.2) is 9.97 Å². The van der Waals surface area contributed by atoms with Crippen LogP contribution in [0.15, 0.2) is 35.6 Å². The van der Waals surface area contributed by atoms with E-state index in [0.717, 1.165) is 15.2 Å². The van der Waals surface area contributed by atoms with Gasteiger partial charge in [0.15, 0.2) is 0 Å². The number of thiophene rings is 1. The summed E-state index contributed by atoms with van der Waals surface area (Å²) >= 11 is 3.07. The minimum absolute atomic E-state index is 0.108. The van der Waals surface area contributed by atoms with Gasteiger partial charge in [-0.15, -0.1) is 11.3 Å². The fourth-order valence-electron chi connectivity index (χ4n) is 2.54. The molecule has 1 atom stereocenters. The van der Waals surface area contributed by atoms with E-state index < -0.39 is 0 Å². The van der Waals surface area contributed by atoms with Crippen LogP contribution in [-0.4, -0.2) is 27.0 Å². The zero-order valence-corrected chi connectivity index (χ0v) is 17.1. The zero-order chi connectivity index (χ0) is 19.6. The van der Waals surface area contributed by atoms with Gasteiger partial charge in [-0.2, -0.15) is 0 Å². The van der Waals surface area contributed by atoms with E-state index in [-0.39, 0.29) is 17.1 Å². The lowest BCUT2D eigenvalue weighted by molar-refractivity contribution is -0.115. The molecule has 0 aliphatic heterocycles. The monoisotopic (exact) mass is 400 g/mol. The largest absolute Gasteiger partial charge is 0.326 e. The van der Waals surface area contributed by atoms with Gasteiger partial charge >= 0.3 is 0 Å². The van der Waals surface area contributed by atoms with Crippen molar-refractivity contribution in [2.24, 2.45) is 0 Å². The Labute approximate surface area is 165 Å². The van der Waals surface area contributed by atoms with E-state index in [1.54, 1.807) is 41.9 Å². The van der Waals surface area contributed by atoms with Crippen LogP contribution >= 0.6 is 23.1 Å². The quantitative estimate of drug-likeness (QED) is 0.490. The number of nitrogens with one attached hydrogen (secondary N) is 2. The van der Waals surface area contributed by atoms with E-state index in [9.17, 15) is 9.59 Å². The van der Waals surface area contributed by atoms with Crippen LogP contribution in [0.5, 0.6) is 0 Å². The van der Waals surface area contributed by atoms with E-state index in [1.807, 2.05) is 6.92 Å². The molecule has 0 saturated carbocycles. The van der Waals surface area contributed by atoms with Crippen molar-refractivity contribution in [1.29, 1.82) is 0 Å². The number of nitrogens with zero attached hydrogens (tertiary/aromatic N) is 2. The number of hydrogen-bond donors (Lipinski definition) is 2. The summed E-state index contributed by atoms with van der Waals surface area (Å²) in [6.45, 7) is 7.43. The second kappa shape index (κ2) is 8.06. The Kier molecular flexibility index (Phi) is 5.76. The summed E-state index contributed by atoms with van der Waals surface area (Å²) in [7, 11) is 0. The molecule has 3 rings (SSSR count). The van der Waals surface area contributed by atoms with Crippen LogP contribution < -0.4 is 10.6 Å². The summed E-state index contributed by atoms with van der Waals surface area (Å²) in [6.07, 6.45) is 1.55. The molecule has 0 aliphatic carbocycles. The molecule has 2 N–H and O–H groups in total. The van der Waals surface area contributed by atoms with Crippen LogP contribution in [0.4, 0.5) is 11.4 Å². The van der Waals surface area contributed by atoms with E-state index in [0.29, 0.717) is 11.4 Å². The number of hydrogen-bond acceptors (Lipinski definition) is 6. The molecule has 0 bridgehead atoms. The van der Waals surface area contributed by atoms with Gasteiger partial charge in [0.2, 0.25) is 11.8 Å². The molecule has 0 saturated heterocycles. The standard InChI is InChI=1S/C19H20N4O2S2/c1-10-11(2)26-18-16(10)19(21-9-20-18)27-12(3)17(25)23-15-7-5-14(6-8-15)22-13(4)24/h5-9,12H,1-4H3,(H,22,24)(H,23,25)/t12-/m1/s1. The molecule has 2 amide bonds. The van der Waals surface area contributed by atoms with Crippen molar-refractivity contribution in [3.63, 3.8) is 0 Å². The number of rotatable bonds is 5. The first-order chi connectivity index (χ1) is 12.8. The molecule has 0 aliphatic rings. The first-order valence-corrected chi connectivity index (χ1v) is 10.1. The number of aromatic nitrogens is 2. The average molecular weight is 401 g/mol. The van der Waals surface area contributed by atoms with Crippen molar-refractivity contribution in [3.8, 4) is 0 Å². The fraction of sp³-hybridized carbons (Fsp3) is 0.263. The number of carbonyl (C=O) groups excluding carboxylic acids is 2. The Morgan fingerprint density at radius 2 is 1.70 bits per heavy atom. The molecule has 3 aromatic rings. The molecular weight excluding hydrogens is 380 g/mol. The zero-order valence-electron chi connectivity index (χ0n) is 15.5. The Hall–Kier alpha value is -2.45. The predicted molar refractivity (Wildman–Crippen MR) is 112 cm³/mol. The molecule has 140 valence electrons. The fourth-order valence-corrected chi connectivity index (χ4v) is 4.58. The molecule has 2 heterocycles. The van der Waals surface area contributed by atoms with Gasteiger partial charge in [-0.1, -0.05) is 11.8 Å². The van der Waals surface area contributed by atoms with Gasteiger partial charge in [-0.05, 0) is 50.6 Å². The van der Waals surface area contributed by atoms with Gasteiger partial charge in [0.25, 0.3) is 0 Å². The third-order valence-electron chi connectivity index (χ3n) is 4.06. The average Bonchev–Trinajstić information content (AvgIpc) is 2.91. The number of thioether (sulfide) groups is 1. The predicted octanol–water partition coefficient (Wildman–Crippen LogP) is 4.39. The number of carbonyl (C=O) groups is 2. The second-order valence-electron chi connectivity index (χ2n) is 6.15. The molecule has 0 radical (unpaired) electrons. The van der Waals surface area contributed by atoms with Crippen molar-refractivity contribution >= 4 is 56.5 Å². The Morgan fingerprint density at radius 1 is 1.07 bits per heavy atom. The van der Waals surface area contributed by atoms with E-state index in [1.165, 1.54) is 29.1 Å². The molecule has 0 unspecified atom stereocenters. The van der Waals surface area contributed by atoms with E-state index in [4.69, 9.17) is 0 Å². The molecule has 0 spiro atoms. The number of fused-ring (bicyclic) bond motifs is 1. The van der Waals surface area contributed by atoms with Gasteiger partial charge < -0.3 is 10.6 Å². The molecule has 1 aromatic carbocycles. The van der Waals surface area contributed by atoms with Gasteiger partial charge in [0.1, 0.15) is 16.2 Å². The molecule has 6 nitrogen and oxygen atoms in total. The molecule has 2 aromatic heterocycles. The normalized spacial score (nSPS) is 12.0. The number of anilines is 2. The first kappa shape index (κ1) is 19.3. The first-order valence-electron chi connectivity index (χ1n) is 8.41. The highest BCUT2D eigenvalue weighted by Gasteiger charge is 2.19. The molecule has 27 heavy (non-hydrogen) atoms. The Balaban J connectivity index is 1.70. The lowest BCUT2D eigenvalue weighted by Gasteiger charge is -2.13. The smallest absolute Gasteiger partial charge is 0.237 e.